The van der Waals surface area contributed by atoms with Crippen molar-refractivity contribution in [2.45, 2.75) is 12.1 Å². The molecule has 1 fully saturated rings. The molecule has 3 aromatic carbocycles. The van der Waals surface area contributed by atoms with Crippen molar-refractivity contribution >= 4 is 35.1 Å². The van der Waals surface area contributed by atoms with Crippen LogP contribution in [0, 0.1) is 0 Å². The monoisotopic (exact) mass is 582 g/mol. The third-order valence-corrected chi connectivity index (χ3v) is 7.56. The summed E-state index contributed by atoms with van der Waals surface area (Å²) in [6.45, 7) is 3.39. The Labute approximate surface area is 244 Å². The molecule has 3 aromatic rings. The summed E-state index contributed by atoms with van der Waals surface area (Å²) in [5.41, 5.74) is 2.55. The zero-order valence-electron chi connectivity index (χ0n) is 22.5. The number of piperazine rings is 1. The van der Waals surface area contributed by atoms with Crippen molar-refractivity contribution in [1.82, 2.24) is 15.1 Å². The number of amidine groups is 1. The van der Waals surface area contributed by atoms with Gasteiger partial charge in [0.25, 0.3) is 0 Å². The van der Waals surface area contributed by atoms with Gasteiger partial charge < -0.3 is 24.4 Å². The molecular formula is C30H32Cl2N4O4. The van der Waals surface area contributed by atoms with E-state index in [4.69, 9.17) is 42.4 Å². The van der Waals surface area contributed by atoms with Gasteiger partial charge in [0.05, 0.1) is 25.3 Å². The van der Waals surface area contributed by atoms with E-state index in [1.807, 2.05) is 71.6 Å². The molecule has 0 spiro atoms. The van der Waals surface area contributed by atoms with Crippen LogP contribution in [-0.4, -0.2) is 75.3 Å². The van der Waals surface area contributed by atoms with Crippen molar-refractivity contribution in [3.63, 3.8) is 0 Å². The standard InChI is InChI=1S/C30H32Cl2N4O4/c1-38-17-18-40-26-19-24(39-2)11-12-25(26)29-34-27(20-3-7-22(31)8-4-20)28(21-5-9-23(32)10-6-21)36(29)30(37)35-15-13-33-14-16-35/h3-12,19,27-28,33H,13-18H2,1-2H3. The molecule has 0 aromatic heterocycles. The van der Waals surface area contributed by atoms with Crippen molar-refractivity contribution in [1.29, 1.82) is 0 Å². The van der Waals surface area contributed by atoms with Crippen molar-refractivity contribution in [3.8, 4) is 11.5 Å². The molecule has 0 saturated carbocycles. The van der Waals surface area contributed by atoms with Crippen LogP contribution in [0.25, 0.3) is 0 Å². The number of hydrogen-bond acceptors (Lipinski definition) is 6. The minimum atomic E-state index is -0.426. The van der Waals surface area contributed by atoms with Crippen molar-refractivity contribution < 1.29 is 19.0 Å². The third kappa shape index (κ3) is 6.05. The highest BCUT2D eigenvalue weighted by Crippen LogP contribution is 2.45. The second-order valence-electron chi connectivity index (χ2n) is 9.54. The lowest BCUT2D eigenvalue weighted by atomic mass is 9.93. The average Bonchev–Trinajstić information content (AvgIpc) is 3.38. The number of hydrogen-bond donors (Lipinski definition) is 1. The summed E-state index contributed by atoms with van der Waals surface area (Å²) in [6.07, 6.45) is 0. The van der Waals surface area contributed by atoms with Gasteiger partial charge in [-0.3, -0.25) is 9.89 Å². The number of benzene rings is 3. The van der Waals surface area contributed by atoms with Gasteiger partial charge in [-0.15, -0.1) is 0 Å². The molecule has 0 bridgehead atoms. The minimum Gasteiger partial charge on any atom is -0.497 e. The molecule has 8 nitrogen and oxygen atoms in total. The smallest absolute Gasteiger partial charge is 0.326 e. The van der Waals surface area contributed by atoms with Crippen molar-refractivity contribution in [2.24, 2.45) is 4.99 Å². The number of carbonyl (C=O) groups is 1. The maximum absolute atomic E-state index is 14.4. The normalized spacial score (nSPS) is 18.9. The van der Waals surface area contributed by atoms with Crippen LogP contribution in [0.3, 0.4) is 0 Å². The van der Waals surface area contributed by atoms with Crippen LogP contribution in [0.1, 0.15) is 28.8 Å². The van der Waals surface area contributed by atoms with E-state index in [0.717, 1.165) is 24.2 Å². The summed E-state index contributed by atoms with van der Waals surface area (Å²) >= 11 is 12.5. The Morgan fingerprint density at radius 1 is 0.925 bits per heavy atom. The molecule has 0 radical (unpaired) electrons. The second-order valence-corrected chi connectivity index (χ2v) is 10.4. The number of ether oxygens (including phenoxy) is 3. The highest BCUT2D eigenvalue weighted by atomic mass is 35.5. The lowest BCUT2D eigenvalue weighted by Crippen LogP contribution is -2.53. The number of nitrogens with one attached hydrogen (secondary N) is 1. The molecule has 10 heteroatoms. The molecule has 5 rings (SSSR count). The molecular weight excluding hydrogens is 551 g/mol. The highest BCUT2D eigenvalue weighted by molar-refractivity contribution is 6.30. The number of aliphatic imine (C=N–C) groups is 1. The molecule has 0 aliphatic carbocycles. The van der Waals surface area contributed by atoms with Gasteiger partial charge in [0.2, 0.25) is 0 Å². The predicted octanol–water partition coefficient (Wildman–Crippen LogP) is 5.60. The number of urea groups is 1. The van der Waals surface area contributed by atoms with E-state index in [2.05, 4.69) is 5.32 Å². The lowest BCUT2D eigenvalue weighted by Gasteiger charge is -2.36. The quantitative estimate of drug-likeness (QED) is 0.350. The maximum Gasteiger partial charge on any atom is 0.326 e. The van der Waals surface area contributed by atoms with Crippen LogP contribution in [0.15, 0.2) is 71.7 Å². The molecule has 2 unspecified atom stereocenters. The van der Waals surface area contributed by atoms with Crippen LogP contribution in [-0.2, 0) is 4.74 Å². The summed E-state index contributed by atoms with van der Waals surface area (Å²) in [5.74, 6) is 1.72. The van der Waals surface area contributed by atoms with Crippen LogP contribution < -0.4 is 14.8 Å². The van der Waals surface area contributed by atoms with E-state index in [-0.39, 0.29) is 6.03 Å². The second kappa shape index (κ2) is 12.9. The van der Waals surface area contributed by atoms with Gasteiger partial charge in [-0.25, -0.2) is 4.79 Å². The molecule has 2 amide bonds. The lowest BCUT2D eigenvalue weighted by molar-refractivity contribution is 0.145. The Morgan fingerprint density at radius 3 is 2.20 bits per heavy atom. The topological polar surface area (TPSA) is 75.6 Å². The summed E-state index contributed by atoms with van der Waals surface area (Å²) < 4.78 is 16.8. The number of methoxy groups -OCH3 is 2. The van der Waals surface area contributed by atoms with Gasteiger partial charge in [0, 0.05) is 49.4 Å². The predicted molar refractivity (Wildman–Crippen MR) is 157 cm³/mol. The maximum atomic E-state index is 14.4. The first kappa shape index (κ1) is 28.2. The fourth-order valence-electron chi connectivity index (χ4n) is 5.03. The van der Waals surface area contributed by atoms with Gasteiger partial charge in [0.15, 0.2) is 0 Å². The van der Waals surface area contributed by atoms with E-state index in [9.17, 15) is 4.79 Å². The largest absolute Gasteiger partial charge is 0.497 e. The SMILES string of the molecule is COCCOc1cc(OC)ccc1C1=NC(c2ccc(Cl)cc2)C(c2ccc(Cl)cc2)N1C(=O)N1CCNCC1. The molecule has 2 aliphatic rings. The summed E-state index contributed by atoms with van der Waals surface area (Å²) in [5, 5.41) is 4.58. The average molecular weight is 584 g/mol. The molecule has 40 heavy (non-hydrogen) atoms. The van der Waals surface area contributed by atoms with Crippen LogP contribution in [0.4, 0.5) is 4.79 Å². The fraction of sp³-hybridized carbons (Fsp3) is 0.333. The Kier molecular flexibility index (Phi) is 9.11. The Balaban J connectivity index is 1.67. The first-order valence-electron chi connectivity index (χ1n) is 13.2. The van der Waals surface area contributed by atoms with Crippen molar-refractivity contribution in [3.05, 3.63) is 93.5 Å². The minimum absolute atomic E-state index is 0.115. The number of nitrogens with zero attached hydrogens (tertiary/aromatic N) is 3. The van der Waals surface area contributed by atoms with Gasteiger partial charge in [0.1, 0.15) is 30.0 Å². The number of amides is 2. The number of carbonyl (C=O) groups excluding carboxylic acids is 1. The number of halogens is 2. The summed E-state index contributed by atoms with van der Waals surface area (Å²) in [4.78, 5) is 23.3. The highest BCUT2D eigenvalue weighted by Gasteiger charge is 2.44. The molecule has 1 N–H and O–H groups in total. The van der Waals surface area contributed by atoms with E-state index in [1.165, 1.54) is 0 Å². The molecule has 2 aliphatic heterocycles. The first-order chi connectivity index (χ1) is 19.5. The van der Waals surface area contributed by atoms with E-state index in [1.54, 1.807) is 19.1 Å². The van der Waals surface area contributed by atoms with Gasteiger partial charge in [-0.1, -0.05) is 47.5 Å². The molecule has 2 atom stereocenters. The Morgan fingerprint density at radius 2 is 1.57 bits per heavy atom. The van der Waals surface area contributed by atoms with E-state index < -0.39 is 12.1 Å². The molecule has 210 valence electrons. The van der Waals surface area contributed by atoms with Crippen LogP contribution in [0.5, 0.6) is 11.5 Å². The van der Waals surface area contributed by atoms with Crippen LogP contribution >= 0.6 is 23.2 Å². The zero-order valence-corrected chi connectivity index (χ0v) is 24.0. The fourth-order valence-corrected chi connectivity index (χ4v) is 5.28. The van der Waals surface area contributed by atoms with Crippen molar-refractivity contribution in [2.75, 3.05) is 53.6 Å². The van der Waals surface area contributed by atoms with Gasteiger partial charge in [-0.2, -0.15) is 0 Å². The van der Waals surface area contributed by atoms with E-state index in [0.29, 0.717) is 59.2 Å². The first-order valence-corrected chi connectivity index (χ1v) is 13.9. The van der Waals surface area contributed by atoms with Gasteiger partial charge >= 0.3 is 6.03 Å². The summed E-state index contributed by atoms with van der Waals surface area (Å²) in [7, 11) is 3.23. The third-order valence-electron chi connectivity index (χ3n) is 7.06. The number of rotatable bonds is 8. The van der Waals surface area contributed by atoms with Crippen LogP contribution in [0.2, 0.25) is 10.0 Å². The Bertz CT molecular complexity index is 1340. The van der Waals surface area contributed by atoms with Gasteiger partial charge in [-0.05, 0) is 47.5 Å². The van der Waals surface area contributed by atoms with E-state index >= 15 is 0 Å². The molecule has 1 saturated heterocycles. The zero-order chi connectivity index (χ0) is 28.1. The Hall–Kier alpha value is -3.30. The summed E-state index contributed by atoms with van der Waals surface area (Å²) in [6, 6.07) is 19.8. The molecule has 2 heterocycles.